The lowest BCUT2D eigenvalue weighted by Crippen LogP contribution is -2.41. The second-order valence-corrected chi connectivity index (χ2v) is 8.71. The summed E-state index contributed by atoms with van der Waals surface area (Å²) in [5.74, 6) is 3.10. The average Bonchev–Trinajstić information content (AvgIpc) is 3.50. The summed E-state index contributed by atoms with van der Waals surface area (Å²) in [6.07, 6.45) is 4.05. The van der Waals surface area contributed by atoms with Gasteiger partial charge in [0.1, 0.15) is 22.7 Å². The lowest BCUT2D eigenvalue weighted by Gasteiger charge is -2.32. The standard InChI is InChI=1S/C26H27N7O/c1-2-33-15-5-6-18(16-33)28-26-23-22(13-14-27-25(23)31-32-26)34-19-11-9-17(10-12-19)24-29-20-7-3-4-8-21(20)30-24/h3-4,7-14,18H,2,5-6,15-16H2,1H3,(H,29,30)(H2,27,28,31,32)/t18-/m1/s1. The number of para-hydroxylation sites is 2. The maximum atomic E-state index is 6.29. The number of rotatable bonds is 6. The minimum atomic E-state index is 0.358. The summed E-state index contributed by atoms with van der Waals surface area (Å²) >= 11 is 0. The highest BCUT2D eigenvalue weighted by Crippen LogP contribution is 2.34. The van der Waals surface area contributed by atoms with Crippen LogP contribution in [0.4, 0.5) is 5.82 Å². The minimum absolute atomic E-state index is 0.358. The summed E-state index contributed by atoms with van der Waals surface area (Å²) in [6.45, 7) is 5.46. The van der Waals surface area contributed by atoms with E-state index >= 15 is 0 Å². The van der Waals surface area contributed by atoms with Gasteiger partial charge in [-0.05, 0) is 62.3 Å². The van der Waals surface area contributed by atoms with Crippen molar-refractivity contribution in [2.24, 2.45) is 0 Å². The number of H-pyrrole nitrogens is 2. The molecule has 0 bridgehead atoms. The molecule has 0 amide bonds. The van der Waals surface area contributed by atoms with E-state index in [0.717, 1.165) is 71.2 Å². The molecule has 1 saturated heterocycles. The highest BCUT2D eigenvalue weighted by molar-refractivity contribution is 5.93. The predicted octanol–water partition coefficient (Wildman–Crippen LogP) is 5.19. The first kappa shape index (κ1) is 20.7. The fourth-order valence-electron chi connectivity index (χ4n) is 4.66. The van der Waals surface area contributed by atoms with E-state index in [1.807, 2.05) is 54.6 Å². The smallest absolute Gasteiger partial charge is 0.161 e. The highest BCUT2D eigenvalue weighted by atomic mass is 16.5. The molecule has 5 aromatic rings. The van der Waals surface area contributed by atoms with Crippen LogP contribution in [-0.4, -0.2) is 55.7 Å². The van der Waals surface area contributed by atoms with Gasteiger partial charge in [0, 0.05) is 30.4 Å². The first-order valence-corrected chi connectivity index (χ1v) is 11.8. The first-order valence-electron chi connectivity index (χ1n) is 11.8. The molecule has 2 aromatic carbocycles. The third-order valence-corrected chi connectivity index (χ3v) is 6.46. The number of benzene rings is 2. The highest BCUT2D eigenvalue weighted by Gasteiger charge is 2.21. The summed E-state index contributed by atoms with van der Waals surface area (Å²) in [5.41, 5.74) is 3.70. The molecule has 0 saturated carbocycles. The van der Waals surface area contributed by atoms with Crippen molar-refractivity contribution in [1.29, 1.82) is 0 Å². The number of aromatic amines is 2. The topological polar surface area (TPSA) is 94.8 Å². The zero-order chi connectivity index (χ0) is 22.9. The Morgan fingerprint density at radius 3 is 2.85 bits per heavy atom. The van der Waals surface area contributed by atoms with Crippen LogP contribution in [0.2, 0.25) is 0 Å². The number of ether oxygens (including phenoxy) is 1. The van der Waals surface area contributed by atoms with Crippen molar-refractivity contribution in [2.75, 3.05) is 25.0 Å². The summed E-state index contributed by atoms with van der Waals surface area (Å²) in [5, 5.41) is 12.0. The fraction of sp³-hybridized carbons (Fsp3) is 0.269. The van der Waals surface area contributed by atoms with Gasteiger partial charge in [-0.15, -0.1) is 0 Å². The Kier molecular flexibility index (Phi) is 5.35. The number of piperidine rings is 1. The largest absolute Gasteiger partial charge is 0.456 e. The van der Waals surface area contributed by atoms with Crippen molar-refractivity contribution in [3.05, 3.63) is 60.8 Å². The van der Waals surface area contributed by atoms with Gasteiger partial charge in [-0.3, -0.25) is 5.10 Å². The first-order chi connectivity index (χ1) is 16.8. The van der Waals surface area contributed by atoms with Crippen LogP contribution in [-0.2, 0) is 0 Å². The van der Waals surface area contributed by atoms with Gasteiger partial charge in [-0.1, -0.05) is 19.1 Å². The summed E-state index contributed by atoms with van der Waals surface area (Å²) in [4.78, 5) is 15.0. The molecule has 3 aromatic heterocycles. The molecule has 0 spiro atoms. The van der Waals surface area contributed by atoms with Gasteiger partial charge in [0.05, 0.1) is 11.0 Å². The van der Waals surface area contributed by atoms with Crippen molar-refractivity contribution in [3.8, 4) is 22.9 Å². The molecule has 8 nitrogen and oxygen atoms in total. The Labute approximate surface area is 197 Å². The third kappa shape index (κ3) is 3.97. The number of nitrogens with one attached hydrogen (secondary N) is 3. The number of nitrogens with zero attached hydrogens (tertiary/aromatic N) is 4. The van der Waals surface area contributed by atoms with Crippen LogP contribution in [0.5, 0.6) is 11.5 Å². The number of imidazole rings is 1. The number of aromatic nitrogens is 5. The molecule has 3 N–H and O–H groups in total. The molecular weight excluding hydrogens is 426 g/mol. The second kappa shape index (κ2) is 8.79. The van der Waals surface area contributed by atoms with Crippen molar-refractivity contribution in [2.45, 2.75) is 25.8 Å². The number of hydrogen-bond acceptors (Lipinski definition) is 6. The Balaban J connectivity index is 1.24. The third-order valence-electron chi connectivity index (χ3n) is 6.46. The van der Waals surface area contributed by atoms with Gasteiger partial charge in [0.2, 0.25) is 0 Å². The number of likely N-dealkylation sites (tertiary alicyclic amines) is 1. The van der Waals surface area contributed by atoms with Gasteiger partial charge in [0.25, 0.3) is 0 Å². The van der Waals surface area contributed by atoms with E-state index in [2.05, 4.69) is 42.3 Å². The lowest BCUT2D eigenvalue weighted by atomic mass is 10.1. The molecule has 1 aliphatic rings. The zero-order valence-corrected chi connectivity index (χ0v) is 19.1. The van der Waals surface area contributed by atoms with E-state index in [9.17, 15) is 0 Å². The number of anilines is 1. The molecule has 1 atom stereocenters. The molecule has 8 heteroatoms. The van der Waals surface area contributed by atoms with Crippen LogP contribution in [0.15, 0.2) is 60.8 Å². The Morgan fingerprint density at radius 2 is 2.00 bits per heavy atom. The van der Waals surface area contributed by atoms with Gasteiger partial charge >= 0.3 is 0 Å². The summed E-state index contributed by atoms with van der Waals surface area (Å²) in [6, 6.07) is 18.2. The Bertz CT molecular complexity index is 1390. The molecule has 0 aliphatic carbocycles. The van der Waals surface area contributed by atoms with E-state index in [1.54, 1.807) is 6.20 Å². The van der Waals surface area contributed by atoms with Gasteiger partial charge in [-0.25, -0.2) is 9.97 Å². The molecule has 172 valence electrons. The van der Waals surface area contributed by atoms with E-state index < -0.39 is 0 Å². The molecule has 1 aliphatic heterocycles. The number of fused-ring (bicyclic) bond motifs is 2. The molecule has 4 heterocycles. The average molecular weight is 454 g/mol. The van der Waals surface area contributed by atoms with Crippen molar-refractivity contribution >= 4 is 27.9 Å². The van der Waals surface area contributed by atoms with Gasteiger partial charge < -0.3 is 19.9 Å². The molecular formula is C26H27N7O. The van der Waals surface area contributed by atoms with Crippen LogP contribution < -0.4 is 10.1 Å². The normalized spacial score (nSPS) is 16.8. The molecule has 0 radical (unpaired) electrons. The second-order valence-electron chi connectivity index (χ2n) is 8.71. The molecule has 0 unspecified atom stereocenters. The maximum Gasteiger partial charge on any atom is 0.161 e. The summed E-state index contributed by atoms with van der Waals surface area (Å²) in [7, 11) is 0. The van der Waals surface area contributed by atoms with Crippen molar-refractivity contribution in [1.82, 2.24) is 30.0 Å². The van der Waals surface area contributed by atoms with E-state index in [1.165, 1.54) is 6.42 Å². The number of hydrogen-bond donors (Lipinski definition) is 3. The number of pyridine rings is 1. The Hall–Kier alpha value is -3.91. The maximum absolute atomic E-state index is 6.29. The minimum Gasteiger partial charge on any atom is -0.456 e. The van der Waals surface area contributed by atoms with Crippen LogP contribution in [0.1, 0.15) is 19.8 Å². The molecule has 6 rings (SSSR count). The van der Waals surface area contributed by atoms with Crippen LogP contribution in [0.3, 0.4) is 0 Å². The SMILES string of the molecule is CCN1CCC[C@@H](Nc2n[nH]c3nccc(Oc4ccc(-c5nc6ccccc6[nH]5)cc4)c23)C1. The van der Waals surface area contributed by atoms with Crippen molar-refractivity contribution < 1.29 is 4.74 Å². The van der Waals surface area contributed by atoms with E-state index in [-0.39, 0.29) is 0 Å². The summed E-state index contributed by atoms with van der Waals surface area (Å²) < 4.78 is 6.29. The van der Waals surface area contributed by atoms with Crippen LogP contribution in [0.25, 0.3) is 33.5 Å². The van der Waals surface area contributed by atoms with E-state index in [0.29, 0.717) is 11.7 Å². The van der Waals surface area contributed by atoms with Crippen molar-refractivity contribution in [3.63, 3.8) is 0 Å². The zero-order valence-electron chi connectivity index (χ0n) is 19.1. The van der Waals surface area contributed by atoms with Crippen LogP contribution >= 0.6 is 0 Å². The monoisotopic (exact) mass is 453 g/mol. The number of likely N-dealkylation sites (N-methyl/N-ethyl adjacent to an activating group) is 1. The Morgan fingerprint density at radius 1 is 1.12 bits per heavy atom. The van der Waals surface area contributed by atoms with Gasteiger partial charge in [-0.2, -0.15) is 5.10 Å². The molecule has 1 fully saturated rings. The van der Waals surface area contributed by atoms with Crippen LogP contribution in [0, 0.1) is 0 Å². The predicted molar refractivity (Wildman–Crippen MR) is 134 cm³/mol. The quantitative estimate of drug-likeness (QED) is 0.328. The van der Waals surface area contributed by atoms with E-state index in [4.69, 9.17) is 4.74 Å². The lowest BCUT2D eigenvalue weighted by molar-refractivity contribution is 0.226. The molecule has 34 heavy (non-hydrogen) atoms. The van der Waals surface area contributed by atoms with Gasteiger partial charge in [0.15, 0.2) is 11.5 Å². The fourth-order valence-corrected chi connectivity index (χ4v) is 4.66.